The summed E-state index contributed by atoms with van der Waals surface area (Å²) in [5, 5.41) is 13.6. The molecule has 244 valence electrons. The molecule has 1 aromatic heterocycles. The number of aromatic nitrogens is 2. The van der Waals surface area contributed by atoms with Crippen molar-refractivity contribution in [2.24, 2.45) is 12.8 Å². The van der Waals surface area contributed by atoms with E-state index in [-0.39, 0.29) is 11.6 Å². The second kappa shape index (κ2) is 24.7. The number of rotatable bonds is 10. The van der Waals surface area contributed by atoms with Crippen LogP contribution in [-0.2, 0) is 31.2 Å². The van der Waals surface area contributed by atoms with Crippen molar-refractivity contribution in [1.82, 2.24) is 15.1 Å². The van der Waals surface area contributed by atoms with Crippen molar-refractivity contribution in [3.8, 4) is 22.8 Å². The van der Waals surface area contributed by atoms with Crippen molar-refractivity contribution >= 4 is 11.6 Å². The fourth-order valence-corrected chi connectivity index (χ4v) is 3.89. The van der Waals surface area contributed by atoms with E-state index in [1.165, 1.54) is 23.6 Å². The van der Waals surface area contributed by atoms with Crippen molar-refractivity contribution in [2.45, 2.75) is 53.5 Å². The Bertz CT molecular complexity index is 1380. The van der Waals surface area contributed by atoms with Gasteiger partial charge in [-0.05, 0) is 74.7 Å². The van der Waals surface area contributed by atoms with Gasteiger partial charge in [-0.25, -0.2) is 0 Å². The third kappa shape index (κ3) is 17.9. The minimum atomic E-state index is 0.136. The first-order chi connectivity index (χ1) is 21.6. The van der Waals surface area contributed by atoms with E-state index in [1.807, 2.05) is 69.2 Å². The molecule has 45 heavy (non-hydrogen) atoms. The molecule has 0 radical (unpaired) electrons. The largest absolute Gasteiger partial charge is 0.493 e. The van der Waals surface area contributed by atoms with Gasteiger partial charge in [0.15, 0.2) is 11.5 Å². The molecule has 0 spiro atoms. The Hall–Kier alpha value is -4.69. The Morgan fingerprint density at radius 1 is 0.933 bits per heavy atom. The normalized spacial score (nSPS) is 9.24. The molecule has 0 fully saturated rings. The van der Waals surface area contributed by atoms with Crippen LogP contribution in [0.1, 0.15) is 50.8 Å². The number of carbonyl (C=O) groups excluding carboxylic acids is 1. The summed E-state index contributed by atoms with van der Waals surface area (Å²) in [6.45, 7) is 11.7. The molecule has 0 aliphatic heterocycles. The second-order valence-electron chi connectivity index (χ2n) is 9.63. The van der Waals surface area contributed by atoms with Gasteiger partial charge in [-0.15, -0.1) is 6.58 Å². The summed E-state index contributed by atoms with van der Waals surface area (Å²) in [5.41, 5.74) is 10.7. The fourth-order valence-electron chi connectivity index (χ4n) is 3.89. The number of ether oxygens (including phenoxy) is 2. The highest BCUT2D eigenvalue weighted by atomic mass is 16.5. The molecular formula is C37H53N5O3. The predicted octanol–water partition coefficient (Wildman–Crippen LogP) is 7.42. The van der Waals surface area contributed by atoms with E-state index in [0.717, 1.165) is 30.6 Å². The van der Waals surface area contributed by atoms with E-state index in [2.05, 4.69) is 65.5 Å². The van der Waals surface area contributed by atoms with E-state index in [1.54, 1.807) is 27.2 Å². The minimum Gasteiger partial charge on any atom is -0.493 e. The maximum absolute atomic E-state index is 10.9. The number of nitrogens with zero attached hydrogens (tertiary/aromatic N) is 2. The highest BCUT2D eigenvalue weighted by Gasteiger charge is 2.05. The standard InChI is InChI=1S/C12H15N3.C11H14O3.C10H12.C2H6N2.C2H6/c1-13-9-10-4-3-5-11(8-10)12-6-7-14-15(12)2;1-8(12)6-9-4-5-10(13-2)11(7-9)14-3;1-2-3-7-10-8-5-4-6-9-10;1-2(3)4;1-2/h3-8,13H,9H2,1-2H3;4-5,7H,6H2,1-3H3;2,4-6,8-9H,1,3,7H2;1H3,(H3,3,4);1-2H3. The molecule has 4 aromatic rings. The van der Waals surface area contributed by atoms with E-state index >= 15 is 0 Å². The number of benzene rings is 3. The highest BCUT2D eigenvalue weighted by molar-refractivity contribution is 5.78. The molecular weight excluding hydrogens is 562 g/mol. The molecule has 0 aliphatic carbocycles. The number of aryl methyl sites for hydroxylation is 2. The summed E-state index contributed by atoms with van der Waals surface area (Å²) in [6, 6.07) is 26.5. The van der Waals surface area contributed by atoms with Crippen LogP contribution >= 0.6 is 0 Å². The summed E-state index contributed by atoms with van der Waals surface area (Å²) < 4.78 is 12.1. The molecule has 0 saturated carbocycles. The number of hydrogen-bond donors (Lipinski definition) is 3. The summed E-state index contributed by atoms with van der Waals surface area (Å²) >= 11 is 0. The minimum absolute atomic E-state index is 0.136. The van der Waals surface area contributed by atoms with Crippen LogP contribution in [0, 0.1) is 5.41 Å². The van der Waals surface area contributed by atoms with Crippen LogP contribution in [-0.4, -0.2) is 42.7 Å². The number of amidine groups is 1. The van der Waals surface area contributed by atoms with Crippen LogP contribution in [0.4, 0.5) is 0 Å². The van der Waals surface area contributed by atoms with Gasteiger partial charge in [-0.2, -0.15) is 5.10 Å². The molecule has 8 heteroatoms. The molecule has 0 unspecified atom stereocenters. The van der Waals surface area contributed by atoms with E-state index in [9.17, 15) is 4.79 Å². The van der Waals surface area contributed by atoms with Crippen LogP contribution in [0.2, 0.25) is 0 Å². The highest BCUT2D eigenvalue weighted by Crippen LogP contribution is 2.27. The second-order valence-corrected chi connectivity index (χ2v) is 9.63. The quantitative estimate of drug-likeness (QED) is 0.0972. The van der Waals surface area contributed by atoms with Gasteiger partial charge in [0.05, 0.1) is 25.7 Å². The zero-order valence-electron chi connectivity index (χ0n) is 28.4. The van der Waals surface area contributed by atoms with E-state index in [0.29, 0.717) is 17.9 Å². The topological polar surface area (TPSA) is 115 Å². The van der Waals surface area contributed by atoms with Gasteiger partial charge in [0.2, 0.25) is 0 Å². The number of hydrogen-bond acceptors (Lipinski definition) is 6. The maximum Gasteiger partial charge on any atom is 0.161 e. The molecule has 0 saturated heterocycles. The van der Waals surface area contributed by atoms with Gasteiger partial charge in [0, 0.05) is 31.8 Å². The van der Waals surface area contributed by atoms with Crippen LogP contribution in [0.5, 0.6) is 11.5 Å². The van der Waals surface area contributed by atoms with Crippen LogP contribution in [0.15, 0.2) is 97.7 Å². The lowest BCUT2D eigenvalue weighted by Gasteiger charge is -2.08. The monoisotopic (exact) mass is 615 g/mol. The third-order valence-electron chi connectivity index (χ3n) is 5.81. The third-order valence-corrected chi connectivity index (χ3v) is 5.81. The molecule has 0 atom stereocenters. The number of nitrogens with one attached hydrogen (secondary N) is 2. The lowest BCUT2D eigenvalue weighted by Crippen LogP contribution is -2.05. The average molecular weight is 616 g/mol. The SMILES string of the molecule is C=CCCc1ccccc1.CC.CC(=N)N.CNCc1cccc(-c2ccnn2C)c1.COc1ccc(CC(C)=O)cc1OC. The predicted molar refractivity (Wildman–Crippen MR) is 189 cm³/mol. The molecule has 4 N–H and O–H groups in total. The summed E-state index contributed by atoms with van der Waals surface area (Å²) in [4.78, 5) is 10.9. The van der Waals surface area contributed by atoms with Gasteiger partial charge in [0.25, 0.3) is 0 Å². The molecule has 0 bridgehead atoms. The van der Waals surface area contributed by atoms with Gasteiger partial charge >= 0.3 is 0 Å². The van der Waals surface area contributed by atoms with Crippen molar-refractivity contribution < 1.29 is 14.3 Å². The Labute approximate surface area is 270 Å². The van der Waals surface area contributed by atoms with E-state index < -0.39 is 0 Å². The van der Waals surface area contributed by atoms with Crippen LogP contribution in [0.3, 0.4) is 0 Å². The Kier molecular flexibility index (Phi) is 22.1. The number of methoxy groups -OCH3 is 2. The van der Waals surface area contributed by atoms with Crippen molar-refractivity contribution in [2.75, 3.05) is 21.3 Å². The molecule has 0 aliphatic rings. The van der Waals surface area contributed by atoms with Gasteiger partial charge in [-0.1, -0.05) is 74.5 Å². The number of allylic oxidation sites excluding steroid dienone is 1. The Morgan fingerprint density at radius 3 is 2.07 bits per heavy atom. The molecule has 3 aromatic carbocycles. The van der Waals surface area contributed by atoms with E-state index in [4.69, 9.17) is 20.6 Å². The van der Waals surface area contributed by atoms with Crippen molar-refractivity contribution in [3.05, 3.63) is 114 Å². The summed E-state index contributed by atoms with van der Waals surface area (Å²) in [6.07, 6.45) is 6.39. The number of Topliss-reactive ketones (excluding diaryl/α,β-unsaturated/α-hetero) is 1. The molecule has 1 heterocycles. The fraction of sp³-hybridized carbons (Fsp3) is 0.324. The first-order valence-electron chi connectivity index (χ1n) is 15.0. The van der Waals surface area contributed by atoms with Gasteiger partial charge in [0.1, 0.15) is 5.78 Å². The van der Waals surface area contributed by atoms with Crippen LogP contribution < -0.4 is 20.5 Å². The van der Waals surface area contributed by atoms with Gasteiger partial charge < -0.3 is 20.5 Å². The Morgan fingerprint density at radius 2 is 1.56 bits per heavy atom. The first kappa shape index (κ1) is 40.3. The lowest BCUT2D eigenvalue weighted by molar-refractivity contribution is -0.116. The van der Waals surface area contributed by atoms with Crippen LogP contribution in [0.25, 0.3) is 11.3 Å². The number of carbonyl (C=O) groups is 1. The molecule has 8 nitrogen and oxygen atoms in total. The smallest absolute Gasteiger partial charge is 0.161 e. The number of ketones is 1. The zero-order valence-corrected chi connectivity index (χ0v) is 28.4. The first-order valence-corrected chi connectivity index (χ1v) is 15.0. The maximum atomic E-state index is 10.9. The lowest BCUT2D eigenvalue weighted by atomic mass is 10.1. The van der Waals surface area contributed by atoms with Crippen molar-refractivity contribution in [3.63, 3.8) is 0 Å². The number of nitrogens with two attached hydrogens (primary N) is 1. The average Bonchev–Trinajstić information content (AvgIpc) is 3.47. The summed E-state index contributed by atoms with van der Waals surface area (Å²) in [7, 11) is 7.08. The summed E-state index contributed by atoms with van der Waals surface area (Å²) in [5.74, 6) is 1.64. The zero-order chi connectivity index (χ0) is 34.0. The van der Waals surface area contributed by atoms with Crippen molar-refractivity contribution in [1.29, 1.82) is 5.41 Å². The molecule has 0 amide bonds. The molecule has 4 rings (SSSR count). The van der Waals surface area contributed by atoms with Gasteiger partial charge in [-0.3, -0.25) is 14.9 Å². The Balaban J connectivity index is 0.000000602.